The standard InChI is InChI=1S/C21H20O3/c1-16-9-8-14-21(16,19(22)18-12-6-3-7-13-18)20(23)24-15-17-10-4-2-5-11-17/h2-7,10-13H,1,8-9,14-15H2/t21-/m1/s1. The second kappa shape index (κ2) is 6.83. The van der Waals surface area contributed by atoms with Gasteiger partial charge in [0, 0.05) is 5.56 Å². The van der Waals surface area contributed by atoms with E-state index in [4.69, 9.17) is 4.74 Å². The fourth-order valence-electron chi connectivity index (χ4n) is 3.25. The molecule has 3 rings (SSSR count). The summed E-state index contributed by atoms with van der Waals surface area (Å²) in [6.45, 7) is 4.17. The van der Waals surface area contributed by atoms with Crippen LogP contribution in [0.25, 0.3) is 0 Å². The number of Topliss-reactive ketones (excluding diaryl/α,β-unsaturated/α-hetero) is 1. The Kier molecular flexibility index (Phi) is 4.61. The fraction of sp³-hybridized carbons (Fsp3) is 0.238. The first-order valence-corrected chi connectivity index (χ1v) is 8.14. The minimum atomic E-state index is -1.24. The smallest absolute Gasteiger partial charge is 0.324 e. The maximum atomic E-state index is 13.1. The van der Waals surface area contributed by atoms with E-state index in [1.165, 1.54) is 0 Å². The van der Waals surface area contributed by atoms with E-state index in [0.29, 0.717) is 24.0 Å². The molecular formula is C21H20O3. The summed E-state index contributed by atoms with van der Waals surface area (Å²) in [7, 11) is 0. The van der Waals surface area contributed by atoms with Crippen molar-refractivity contribution in [2.75, 3.05) is 0 Å². The molecule has 1 fully saturated rings. The second-order valence-electron chi connectivity index (χ2n) is 6.12. The van der Waals surface area contributed by atoms with Gasteiger partial charge in [-0.05, 0) is 24.8 Å². The van der Waals surface area contributed by atoms with Crippen molar-refractivity contribution in [3.8, 4) is 0 Å². The van der Waals surface area contributed by atoms with Crippen molar-refractivity contribution in [1.82, 2.24) is 0 Å². The lowest BCUT2D eigenvalue weighted by molar-refractivity contribution is -0.152. The van der Waals surface area contributed by atoms with Crippen molar-refractivity contribution in [2.45, 2.75) is 25.9 Å². The molecule has 0 unspecified atom stereocenters. The predicted octanol–water partition coefficient (Wildman–Crippen LogP) is 4.34. The van der Waals surface area contributed by atoms with Gasteiger partial charge in [0.2, 0.25) is 0 Å². The van der Waals surface area contributed by atoms with E-state index in [2.05, 4.69) is 6.58 Å². The van der Waals surface area contributed by atoms with Crippen molar-refractivity contribution in [3.05, 3.63) is 83.9 Å². The summed E-state index contributed by atoms with van der Waals surface area (Å²) in [5, 5.41) is 0. The third-order valence-electron chi connectivity index (χ3n) is 4.62. The molecule has 0 N–H and O–H groups in total. The van der Waals surface area contributed by atoms with E-state index in [-0.39, 0.29) is 12.4 Å². The Labute approximate surface area is 142 Å². The van der Waals surface area contributed by atoms with Crippen LogP contribution in [0.5, 0.6) is 0 Å². The summed E-state index contributed by atoms with van der Waals surface area (Å²) in [6, 6.07) is 18.4. The fourth-order valence-corrected chi connectivity index (χ4v) is 3.25. The van der Waals surface area contributed by atoms with Crippen molar-refractivity contribution in [3.63, 3.8) is 0 Å². The lowest BCUT2D eigenvalue weighted by atomic mass is 9.76. The summed E-state index contributed by atoms with van der Waals surface area (Å²) in [5.74, 6) is -0.689. The zero-order chi connectivity index (χ0) is 17.0. The lowest BCUT2D eigenvalue weighted by Gasteiger charge is -2.27. The maximum Gasteiger partial charge on any atom is 0.324 e. The quantitative estimate of drug-likeness (QED) is 0.356. The van der Waals surface area contributed by atoms with E-state index < -0.39 is 11.4 Å². The van der Waals surface area contributed by atoms with Crippen LogP contribution in [0.2, 0.25) is 0 Å². The normalized spacial score (nSPS) is 19.9. The molecule has 1 saturated carbocycles. The molecule has 24 heavy (non-hydrogen) atoms. The van der Waals surface area contributed by atoms with Crippen molar-refractivity contribution < 1.29 is 14.3 Å². The highest BCUT2D eigenvalue weighted by atomic mass is 16.5. The van der Waals surface area contributed by atoms with Crippen LogP contribution in [0.3, 0.4) is 0 Å². The van der Waals surface area contributed by atoms with Gasteiger partial charge in [-0.1, -0.05) is 72.8 Å². The zero-order valence-corrected chi connectivity index (χ0v) is 13.5. The highest BCUT2D eigenvalue weighted by Gasteiger charge is 2.52. The molecule has 1 atom stereocenters. The molecule has 0 bridgehead atoms. The monoisotopic (exact) mass is 320 g/mol. The Balaban J connectivity index is 1.85. The number of esters is 1. The number of ether oxygens (including phenoxy) is 1. The molecule has 0 heterocycles. The van der Waals surface area contributed by atoms with Gasteiger partial charge in [0.15, 0.2) is 11.2 Å². The zero-order valence-electron chi connectivity index (χ0n) is 13.5. The number of ketones is 1. The lowest BCUT2D eigenvalue weighted by Crippen LogP contribution is -2.39. The molecule has 0 saturated heterocycles. The maximum absolute atomic E-state index is 13.1. The molecule has 1 aliphatic carbocycles. The molecule has 0 amide bonds. The van der Waals surface area contributed by atoms with Crippen molar-refractivity contribution in [1.29, 1.82) is 0 Å². The van der Waals surface area contributed by atoms with E-state index in [0.717, 1.165) is 12.0 Å². The predicted molar refractivity (Wildman–Crippen MR) is 92.4 cm³/mol. The second-order valence-corrected chi connectivity index (χ2v) is 6.12. The molecule has 3 heteroatoms. The Hall–Kier alpha value is -2.68. The van der Waals surface area contributed by atoms with Gasteiger partial charge in [-0.15, -0.1) is 0 Å². The Bertz CT molecular complexity index is 749. The first kappa shape index (κ1) is 16.2. The molecule has 2 aromatic rings. The number of hydrogen-bond acceptors (Lipinski definition) is 3. The highest BCUT2D eigenvalue weighted by Crippen LogP contribution is 2.45. The summed E-state index contributed by atoms with van der Waals surface area (Å²) in [5.41, 5.74) is 0.847. The number of benzene rings is 2. The highest BCUT2D eigenvalue weighted by molar-refractivity contribution is 6.15. The Morgan fingerprint density at radius 2 is 1.62 bits per heavy atom. The summed E-state index contributed by atoms with van der Waals surface area (Å²) in [6.07, 6.45) is 1.92. The number of hydrogen-bond donors (Lipinski definition) is 0. The number of carbonyl (C=O) groups excluding carboxylic acids is 2. The van der Waals surface area contributed by atoms with Crippen LogP contribution in [0.15, 0.2) is 72.8 Å². The average molecular weight is 320 g/mol. The molecular weight excluding hydrogens is 300 g/mol. The van der Waals surface area contributed by atoms with Gasteiger partial charge >= 0.3 is 5.97 Å². The third-order valence-corrected chi connectivity index (χ3v) is 4.62. The van der Waals surface area contributed by atoms with Crippen LogP contribution in [0.1, 0.15) is 35.2 Å². The number of carbonyl (C=O) groups is 2. The van der Waals surface area contributed by atoms with Crippen molar-refractivity contribution >= 4 is 11.8 Å². The first-order valence-electron chi connectivity index (χ1n) is 8.14. The molecule has 3 nitrogen and oxygen atoms in total. The summed E-state index contributed by atoms with van der Waals surface area (Å²) >= 11 is 0. The number of rotatable bonds is 5. The van der Waals surface area contributed by atoms with E-state index in [1.807, 2.05) is 36.4 Å². The van der Waals surface area contributed by atoms with Crippen molar-refractivity contribution in [2.24, 2.45) is 5.41 Å². The summed E-state index contributed by atoms with van der Waals surface area (Å²) in [4.78, 5) is 25.9. The van der Waals surface area contributed by atoms with Gasteiger partial charge in [-0.25, -0.2) is 0 Å². The van der Waals surface area contributed by atoms with Gasteiger partial charge in [0.1, 0.15) is 6.61 Å². The molecule has 0 aliphatic heterocycles. The van der Waals surface area contributed by atoms with Gasteiger partial charge in [-0.3, -0.25) is 9.59 Å². The van der Waals surface area contributed by atoms with Gasteiger partial charge in [0.25, 0.3) is 0 Å². The molecule has 0 radical (unpaired) electrons. The minimum absolute atomic E-state index is 0.163. The largest absolute Gasteiger partial charge is 0.460 e. The Morgan fingerprint density at radius 3 is 2.21 bits per heavy atom. The topological polar surface area (TPSA) is 43.4 Å². The molecule has 1 aliphatic rings. The van der Waals surface area contributed by atoms with E-state index in [9.17, 15) is 9.59 Å². The summed E-state index contributed by atoms with van der Waals surface area (Å²) < 4.78 is 5.51. The van der Waals surface area contributed by atoms with Gasteiger partial charge < -0.3 is 4.74 Å². The van der Waals surface area contributed by atoms with Gasteiger partial charge in [0.05, 0.1) is 0 Å². The minimum Gasteiger partial charge on any atom is -0.460 e. The van der Waals surface area contributed by atoms with Crippen LogP contribution in [-0.2, 0) is 16.1 Å². The average Bonchev–Trinajstić information content (AvgIpc) is 3.03. The van der Waals surface area contributed by atoms with E-state index in [1.54, 1.807) is 24.3 Å². The molecule has 0 spiro atoms. The third kappa shape index (κ3) is 2.90. The van der Waals surface area contributed by atoms with E-state index >= 15 is 0 Å². The molecule has 2 aromatic carbocycles. The van der Waals surface area contributed by atoms with Crippen LogP contribution >= 0.6 is 0 Å². The Morgan fingerprint density at radius 1 is 1.00 bits per heavy atom. The van der Waals surface area contributed by atoms with Gasteiger partial charge in [-0.2, -0.15) is 0 Å². The SMILES string of the molecule is C=C1CCC[C@]1(C(=O)OCc1ccccc1)C(=O)c1ccccc1. The van der Waals surface area contributed by atoms with Crippen LogP contribution in [-0.4, -0.2) is 11.8 Å². The van der Waals surface area contributed by atoms with Crippen LogP contribution < -0.4 is 0 Å². The molecule has 0 aromatic heterocycles. The van der Waals surface area contributed by atoms with Crippen LogP contribution in [0, 0.1) is 5.41 Å². The molecule has 122 valence electrons. The first-order chi connectivity index (χ1) is 11.6. The van der Waals surface area contributed by atoms with Crippen LogP contribution in [0.4, 0.5) is 0 Å².